The Balaban J connectivity index is 2.30. The molecule has 0 atom stereocenters. The van der Waals surface area contributed by atoms with Gasteiger partial charge in [0, 0.05) is 36.8 Å². The van der Waals surface area contributed by atoms with Crippen LogP contribution in [0.2, 0.25) is 0 Å². The summed E-state index contributed by atoms with van der Waals surface area (Å²) in [6.07, 6.45) is 1.88. The van der Waals surface area contributed by atoms with Crippen LogP contribution < -0.4 is 0 Å². The van der Waals surface area contributed by atoms with E-state index in [9.17, 15) is 9.18 Å². The molecule has 0 spiro atoms. The number of fused-ring (bicyclic) bond motifs is 1. The number of aromatic carboxylic acids is 1. The van der Waals surface area contributed by atoms with Crippen molar-refractivity contribution in [3.8, 4) is 11.3 Å². The Morgan fingerprint density at radius 3 is 2.60 bits per heavy atom. The molecule has 0 aliphatic carbocycles. The first kappa shape index (κ1) is 12.5. The number of nitrogens with zero attached hydrogens (tertiary/aromatic N) is 2. The third-order valence-corrected chi connectivity index (χ3v) is 3.57. The van der Waals surface area contributed by atoms with Crippen molar-refractivity contribution < 1.29 is 14.3 Å². The molecule has 0 bridgehead atoms. The molecule has 3 rings (SSSR count). The zero-order valence-corrected chi connectivity index (χ0v) is 11.1. The Morgan fingerprint density at radius 1 is 1.20 bits per heavy atom. The van der Waals surface area contributed by atoms with Crippen LogP contribution in [0.5, 0.6) is 0 Å². The van der Waals surface area contributed by atoms with Gasteiger partial charge in [-0.15, -0.1) is 0 Å². The largest absolute Gasteiger partial charge is 0.477 e. The Bertz CT molecular complexity index is 830. The van der Waals surface area contributed by atoms with Gasteiger partial charge in [-0.1, -0.05) is 0 Å². The number of hydrogen-bond donors (Lipinski definition) is 1. The van der Waals surface area contributed by atoms with E-state index in [1.807, 2.05) is 17.8 Å². The number of aromatic nitrogens is 2. The molecule has 102 valence electrons. The van der Waals surface area contributed by atoms with Gasteiger partial charge in [0.1, 0.15) is 11.5 Å². The van der Waals surface area contributed by atoms with E-state index in [4.69, 9.17) is 5.11 Å². The molecule has 0 aliphatic rings. The van der Waals surface area contributed by atoms with Gasteiger partial charge >= 0.3 is 5.97 Å². The topological polar surface area (TPSA) is 47.2 Å². The molecule has 0 amide bonds. The lowest BCUT2D eigenvalue weighted by atomic mass is 10.1. The highest BCUT2D eigenvalue weighted by atomic mass is 19.1. The fraction of sp³-hybridized carbons (Fsp3) is 0.133. The maximum atomic E-state index is 13.5. The monoisotopic (exact) mass is 272 g/mol. The maximum Gasteiger partial charge on any atom is 0.352 e. The Morgan fingerprint density at radius 2 is 1.95 bits per heavy atom. The molecule has 1 N–H and O–H groups in total. The quantitative estimate of drug-likeness (QED) is 0.779. The summed E-state index contributed by atoms with van der Waals surface area (Å²) < 4.78 is 17.0. The van der Waals surface area contributed by atoms with E-state index in [2.05, 4.69) is 0 Å². The number of carboxylic acid groups (broad SMARTS) is 1. The molecule has 4 nitrogen and oxygen atoms in total. The Kier molecular flexibility index (Phi) is 2.64. The van der Waals surface area contributed by atoms with Gasteiger partial charge in [0.2, 0.25) is 0 Å². The van der Waals surface area contributed by atoms with Crippen LogP contribution in [0.3, 0.4) is 0 Å². The summed E-state index contributed by atoms with van der Waals surface area (Å²) in [6.45, 7) is 0. The standard InChI is InChI=1S/C15H13FN2O2/c1-17-8-11(10-7-9(16)3-4-12(10)17)13-5-6-14(15(19)20)18(13)2/h3-8H,1-2H3,(H,19,20). The van der Waals surface area contributed by atoms with Gasteiger partial charge in [-0.05, 0) is 30.3 Å². The molecule has 5 heteroatoms. The number of halogens is 1. The molecular weight excluding hydrogens is 259 g/mol. The van der Waals surface area contributed by atoms with Crippen molar-refractivity contribution in [3.63, 3.8) is 0 Å². The summed E-state index contributed by atoms with van der Waals surface area (Å²) in [4.78, 5) is 11.1. The number of hydrogen-bond acceptors (Lipinski definition) is 1. The minimum Gasteiger partial charge on any atom is -0.477 e. The minimum absolute atomic E-state index is 0.202. The highest BCUT2D eigenvalue weighted by Gasteiger charge is 2.16. The average molecular weight is 272 g/mol. The van der Waals surface area contributed by atoms with E-state index >= 15 is 0 Å². The highest BCUT2D eigenvalue weighted by molar-refractivity contribution is 5.96. The SMILES string of the molecule is Cn1c(C(=O)O)ccc1-c1cn(C)c2ccc(F)cc12. The van der Waals surface area contributed by atoms with E-state index in [1.54, 1.807) is 29.8 Å². The fourth-order valence-electron chi connectivity index (χ4n) is 2.56. The van der Waals surface area contributed by atoms with Crippen molar-refractivity contribution in [2.24, 2.45) is 14.1 Å². The lowest BCUT2D eigenvalue weighted by Gasteiger charge is -2.04. The Labute approximate surface area is 114 Å². The van der Waals surface area contributed by atoms with Gasteiger partial charge in [0.25, 0.3) is 0 Å². The van der Waals surface area contributed by atoms with Crippen LogP contribution in [0.25, 0.3) is 22.2 Å². The number of rotatable bonds is 2. The molecule has 0 saturated carbocycles. The minimum atomic E-state index is -0.981. The number of aryl methyl sites for hydroxylation is 1. The zero-order chi connectivity index (χ0) is 14.4. The molecule has 1 aromatic carbocycles. The summed E-state index contributed by atoms with van der Waals surface area (Å²) in [5.74, 6) is -1.29. The smallest absolute Gasteiger partial charge is 0.352 e. The second-order valence-electron chi connectivity index (χ2n) is 4.78. The molecule has 0 fully saturated rings. The van der Waals surface area contributed by atoms with Crippen molar-refractivity contribution in [3.05, 3.63) is 48.0 Å². The van der Waals surface area contributed by atoms with Gasteiger partial charge in [-0.25, -0.2) is 9.18 Å². The van der Waals surface area contributed by atoms with E-state index in [-0.39, 0.29) is 11.5 Å². The van der Waals surface area contributed by atoms with Crippen LogP contribution in [0.4, 0.5) is 4.39 Å². The highest BCUT2D eigenvalue weighted by Crippen LogP contribution is 2.31. The summed E-state index contributed by atoms with van der Waals surface area (Å²) >= 11 is 0. The molecular formula is C15H13FN2O2. The predicted octanol–water partition coefficient (Wildman–Crippen LogP) is 3.02. The second-order valence-corrected chi connectivity index (χ2v) is 4.78. The molecule has 0 unspecified atom stereocenters. The first-order valence-corrected chi connectivity index (χ1v) is 6.13. The van der Waals surface area contributed by atoms with Crippen LogP contribution in [-0.2, 0) is 14.1 Å². The first-order chi connectivity index (χ1) is 9.49. The van der Waals surface area contributed by atoms with Crippen molar-refractivity contribution in [2.45, 2.75) is 0 Å². The molecule has 0 aliphatic heterocycles. The molecule has 20 heavy (non-hydrogen) atoms. The summed E-state index contributed by atoms with van der Waals surface area (Å²) in [5, 5.41) is 9.87. The lowest BCUT2D eigenvalue weighted by Crippen LogP contribution is -2.04. The van der Waals surface area contributed by atoms with Crippen molar-refractivity contribution in [2.75, 3.05) is 0 Å². The van der Waals surface area contributed by atoms with Crippen molar-refractivity contribution in [1.29, 1.82) is 0 Å². The number of carboxylic acids is 1. The summed E-state index contributed by atoms with van der Waals surface area (Å²) in [5.41, 5.74) is 2.67. The normalized spacial score (nSPS) is 11.2. The third kappa shape index (κ3) is 1.71. The van der Waals surface area contributed by atoms with E-state index in [1.165, 1.54) is 12.1 Å². The molecule has 2 heterocycles. The van der Waals surface area contributed by atoms with Crippen molar-refractivity contribution in [1.82, 2.24) is 9.13 Å². The van der Waals surface area contributed by atoms with E-state index in [0.29, 0.717) is 0 Å². The van der Waals surface area contributed by atoms with Gasteiger partial charge in [-0.2, -0.15) is 0 Å². The zero-order valence-electron chi connectivity index (χ0n) is 11.1. The molecule has 3 aromatic rings. The lowest BCUT2D eigenvalue weighted by molar-refractivity contribution is 0.0687. The molecule has 0 saturated heterocycles. The van der Waals surface area contributed by atoms with E-state index in [0.717, 1.165) is 22.2 Å². The van der Waals surface area contributed by atoms with Gasteiger partial charge < -0.3 is 14.2 Å². The molecule has 2 aromatic heterocycles. The van der Waals surface area contributed by atoms with Crippen LogP contribution >= 0.6 is 0 Å². The van der Waals surface area contributed by atoms with Gasteiger partial charge in [0.15, 0.2) is 0 Å². The van der Waals surface area contributed by atoms with Crippen LogP contribution in [0.1, 0.15) is 10.5 Å². The van der Waals surface area contributed by atoms with Gasteiger partial charge in [-0.3, -0.25) is 0 Å². The summed E-state index contributed by atoms with van der Waals surface area (Å²) in [6, 6.07) is 7.89. The van der Waals surface area contributed by atoms with Crippen LogP contribution in [0, 0.1) is 5.82 Å². The predicted molar refractivity (Wildman–Crippen MR) is 74.2 cm³/mol. The molecule has 0 radical (unpaired) electrons. The van der Waals surface area contributed by atoms with Gasteiger partial charge in [0.05, 0.1) is 5.69 Å². The van der Waals surface area contributed by atoms with Crippen LogP contribution in [0.15, 0.2) is 36.5 Å². The second kappa shape index (κ2) is 4.23. The number of benzene rings is 1. The average Bonchev–Trinajstić information content (AvgIpc) is 2.90. The first-order valence-electron chi connectivity index (χ1n) is 6.13. The maximum absolute atomic E-state index is 13.5. The number of carbonyl (C=O) groups is 1. The fourth-order valence-corrected chi connectivity index (χ4v) is 2.56. The van der Waals surface area contributed by atoms with Crippen LogP contribution in [-0.4, -0.2) is 20.2 Å². The summed E-state index contributed by atoms with van der Waals surface area (Å²) in [7, 11) is 3.57. The van der Waals surface area contributed by atoms with E-state index < -0.39 is 5.97 Å². The Hall–Kier alpha value is -2.56. The third-order valence-electron chi connectivity index (χ3n) is 3.57. The van der Waals surface area contributed by atoms with Crippen molar-refractivity contribution >= 4 is 16.9 Å².